The molecular formula is C32H38ClN3O5S. The fourth-order valence-corrected chi connectivity index (χ4v) is 6.15. The van der Waals surface area contributed by atoms with Crippen molar-refractivity contribution in [2.24, 2.45) is 0 Å². The summed E-state index contributed by atoms with van der Waals surface area (Å²) in [6, 6.07) is 22.7. The van der Waals surface area contributed by atoms with E-state index >= 15 is 0 Å². The highest BCUT2D eigenvalue weighted by Crippen LogP contribution is 2.20. The molecule has 0 bridgehead atoms. The Hall–Kier alpha value is -3.24. The van der Waals surface area contributed by atoms with Gasteiger partial charge in [-0.25, -0.2) is 13.1 Å². The van der Waals surface area contributed by atoms with E-state index in [-0.39, 0.29) is 35.8 Å². The molecule has 1 saturated heterocycles. The fourth-order valence-electron chi connectivity index (χ4n) is 4.98. The maximum atomic E-state index is 13.9. The summed E-state index contributed by atoms with van der Waals surface area (Å²) in [6.07, 6.45) is 2.74. The first-order chi connectivity index (χ1) is 20.2. The van der Waals surface area contributed by atoms with E-state index in [1.807, 2.05) is 42.5 Å². The molecule has 4 rings (SSSR count). The Morgan fingerprint density at radius 2 is 1.67 bits per heavy atom. The molecule has 0 spiro atoms. The maximum absolute atomic E-state index is 13.9. The number of nitrogens with zero attached hydrogens (tertiary/aromatic N) is 1. The van der Waals surface area contributed by atoms with Crippen molar-refractivity contribution in [3.8, 4) is 0 Å². The van der Waals surface area contributed by atoms with Crippen molar-refractivity contribution in [3.05, 3.63) is 101 Å². The van der Waals surface area contributed by atoms with Crippen LogP contribution in [0.4, 0.5) is 0 Å². The number of benzene rings is 3. The van der Waals surface area contributed by atoms with Crippen LogP contribution in [0.5, 0.6) is 0 Å². The van der Waals surface area contributed by atoms with Crippen molar-refractivity contribution < 1.29 is 22.7 Å². The summed E-state index contributed by atoms with van der Waals surface area (Å²) >= 11 is 6.11. The molecule has 0 aliphatic carbocycles. The van der Waals surface area contributed by atoms with E-state index in [2.05, 4.69) is 10.0 Å². The zero-order valence-corrected chi connectivity index (χ0v) is 25.4. The van der Waals surface area contributed by atoms with Gasteiger partial charge in [0.2, 0.25) is 21.8 Å². The van der Waals surface area contributed by atoms with Gasteiger partial charge in [-0.3, -0.25) is 9.59 Å². The van der Waals surface area contributed by atoms with Gasteiger partial charge >= 0.3 is 0 Å². The van der Waals surface area contributed by atoms with E-state index in [0.29, 0.717) is 37.6 Å². The minimum atomic E-state index is -3.56. The number of aryl methyl sites for hydroxylation is 1. The second-order valence-corrected chi connectivity index (χ2v) is 12.6. The summed E-state index contributed by atoms with van der Waals surface area (Å²) in [4.78, 5) is 29.4. The van der Waals surface area contributed by atoms with Gasteiger partial charge in [-0.05, 0) is 60.2 Å². The van der Waals surface area contributed by atoms with Gasteiger partial charge in [-0.2, -0.15) is 0 Å². The molecule has 0 aromatic heterocycles. The number of rotatable bonds is 14. The molecule has 42 heavy (non-hydrogen) atoms. The topological polar surface area (TPSA) is 105 Å². The molecule has 2 amide bonds. The Labute approximate surface area is 253 Å². The van der Waals surface area contributed by atoms with Crippen LogP contribution in [-0.4, -0.2) is 57.0 Å². The molecule has 10 heteroatoms. The number of carbonyl (C=O) groups is 2. The maximum Gasteiger partial charge on any atom is 0.243 e. The van der Waals surface area contributed by atoms with E-state index in [0.717, 1.165) is 29.5 Å². The van der Waals surface area contributed by atoms with Crippen LogP contribution in [0.2, 0.25) is 5.02 Å². The summed E-state index contributed by atoms with van der Waals surface area (Å²) in [5.74, 6) is -0.405. The SMILES string of the molecule is CCNS(=O)(=O)c1ccc(CCC(=O)N(Cc2ccc(Cl)cc2)[C@H](Cc2ccccc2)C(=O)NC[C@H]2CCCO2)cc1. The Balaban J connectivity index is 1.55. The first-order valence-electron chi connectivity index (χ1n) is 14.3. The van der Waals surface area contributed by atoms with Crippen LogP contribution in [0.1, 0.15) is 42.9 Å². The molecule has 2 N–H and O–H groups in total. The monoisotopic (exact) mass is 611 g/mol. The normalized spacial score (nSPS) is 15.7. The predicted octanol–water partition coefficient (Wildman–Crippen LogP) is 4.51. The number of sulfonamides is 1. The summed E-state index contributed by atoms with van der Waals surface area (Å²) in [5.41, 5.74) is 2.63. The fraction of sp³-hybridized carbons (Fsp3) is 0.375. The minimum Gasteiger partial charge on any atom is -0.376 e. The van der Waals surface area contributed by atoms with Gasteiger partial charge in [0, 0.05) is 44.1 Å². The molecule has 0 saturated carbocycles. The second-order valence-electron chi connectivity index (χ2n) is 10.4. The number of hydrogen-bond donors (Lipinski definition) is 2. The zero-order valence-electron chi connectivity index (χ0n) is 23.8. The van der Waals surface area contributed by atoms with E-state index in [1.54, 1.807) is 48.2 Å². The highest BCUT2D eigenvalue weighted by Gasteiger charge is 2.31. The van der Waals surface area contributed by atoms with Crippen LogP contribution in [-0.2, 0) is 43.7 Å². The number of carbonyl (C=O) groups excluding carboxylic acids is 2. The van der Waals surface area contributed by atoms with Crippen LogP contribution < -0.4 is 10.0 Å². The molecular weight excluding hydrogens is 574 g/mol. The number of amides is 2. The largest absolute Gasteiger partial charge is 0.376 e. The van der Waals surface area contributed by atoms with E-state index < -0.39 is 16.1 Å². The molecule has 2 atom stereocenters. The summed E-state index contributed by atoms with van der Waals surface area (Å²) in [7, 11) is -3.56. The molecule has 1 heterocycles. The average Bonchev–Trinajstić information content (AvgIpc) is 3.52. The quantitative estimate of drug-likeness (QED) is 0.279. The van der Waals surface area contributed by atoms with Crippen molar-refractivity contribution in [2.45, 2.75) is 62.6 Å². The molecule has 3 aromatic carbocycles. The summed E-state index contributed by atoms with van der Waals surface area (Å²) in [5, 5.41) is 3.63. The minimum absolute atomic E-state index is 0.0222. The van der Waals surface area contributed by atoms with Crippen molar-refractivity contribution in [3.63, 3.8) is 0 Å². The summed E-state index contributed by atoms with van der Waals surface area (Å²) < 4.78 is 32.8. The lowest BCUT2D eigenvalue weighted by atomic mass is 10.0. The van der Waals surface area contributed by atoms with Crippen molar-refractivity contribution in [1.82, 2.24) is 14.9 Å². The Kier molecular flexibility index (Phi) is 11.5. The third-order valence-corrected chi connectivity index (χ3v) is 9.07. The second kappa shape index (κ2) is 15.3. The third-order valence-electron chi connectivity index (χ3n) is 7.26. The van der Waals surface area contributed by atoms with Crippen LogP contribution in [0, 0.1) is 0 Å². The molecule has 1 aliphatic heterocycles. The first kappa shape index (κ1) is 31.7. The molecule has 0 radical (unpaired) electrons. The number of halogens is 1. The van der Waals surface area contributed by atoms with Gasteiger partial charge in [0.1, 0.15) is 6.04 Å². The lowest BCUT2D eigenvalue weighted by Gasteiger charge is -2.32. The Bertz CT molecular complexity index is 1410. The van der Waals surface area contributed by atoms with Gasteiger partial charge in [0.05, 0.1) is 11.0 Å². The zero-order chi connectivity index (χ0) is 30.0. The van der Waals surface area contributed by atoms with Gasteiger partial charge in [-0.15, -0.1) is 0 Å². The van der Waals surface area contributed by atoms with E-state index in [1.165, 1.54) is 0 Å². The lowest BCUT2D eigenvalue weighted by Crippen LogP contribution is -2.51. The molecule has 0 unspecified atom stereocenters. The standard InChI is InChI=1S/C32H38ClN3O5S/c1-2-35-42(39,40)29-17-12-24(13-18-29)14-19-31(37)36(23-26-10-15-27(33)16-11-26)30(21-25-7-4-3-5-8-25)32(38)34-22-28-9-6-20-41-28/h3-5,7-8,10-13,15-18,28,30,35H,2,6,9,14,19-23H2,1H3,(H,34,38)/t28-,30-/m1/s1. The number of ether oxygens (including phenoxy) is 1. The van der Waals surface area contributed by atoms with Crippen LogP contribution >= 0.6 is 11.6 Å². The van der Waals surface area contributed by atoms with Crippen LogP contribution in [0.15, 0.2) is 83.8 Å². The van der Waals surface area contributed by atoms with Crippen molar-refractivity contribution in [1.29, 1.82) is 0 Å². The first-order valence-corrected chi connectivity index (χ1v) is 16.2. The van der Waals surface area contributed by atoms with Gasteiger partial charge in [0.25, 0.3) is 0 Å². The van der Waals surface area contributed by atoms with Crippen molar-refractivity contribution in [2.75, 3.05) is 19.7 Å². The molecule has 1 fully saturated rings. The molecule has 1 aliphatic rings. The number of hydrogen-bond acceptors (Lipinski definition) is 5. The van der Waals surface area contributed by atoms with Crippen LogP contribution in [0.25, 0.3) is 0 Å². The Morgan fingerprint density at radius 3 is 2.31 bits per heavy atom. The third kappa shape index (κ3) is 9.13. The van der Waals surface area contributed by atoms with Crippen LogP contribution in [0.3, 0.4) is 0 Å². The highest BCUT2D eigenvalue weighted by atomic mass is 35.5. The predicted molar refractivity (Wildman–Crippen MR) is 164 cm³/mol. The van der Waals surface area contributed by atoms with Crippen molar-refractivity contribution >= 4 is 33.4 Å². The van der Waals surface area contributed by atoms with Gasteiger partial charge < -0.3 is 15.0 Å². The number of nitrogens with one attached hydrogen (secondary N) is 2. The Morgan fingerprint density at radius 1 is 0.976 bits per heavy atom. The smallest absolute Gasteiger partial charge is 0.243 e. The van der Waals surface area contributed by atoms with E-state index in [9.17, 15) is 18.0 Å². The highest BCUT2D eigenvalue weighted by molar-refractivity contribution is 7.89. The molecule has 3 aromatic rings. The van der Waals surface area contributed by atoms with Gasteiger partial charge in [-0.1, -0.05) is 73.1 Å². The summed E-state index contributed by atoms with van der Waals surface area (Å²) in [6.45, 7) is 3.35. The average molecular weight is 612 g/mol. The van der Waals surface area contributed by atoms with Gasteiger partial charge in [0.15, 0.2) is 0 Å². The lowest BCUT2D eigenvalue weighted by molar-refractivity contribution is -0.141. The molecule has 224 valence electrons. The molecule has 8 nitrogen and oxygen atoms in total. The van der Waals surface area contributed by atoms with E-state index in [4.69, 9.17) is 16.3 Å².